The molecule has 0 aliphatic carbocycles. The van der Waals surface area contributed by atoms with Gasteiger partial charge in [0.1, 0.15) is 0 Å². The van der Waals surface area contributed by atoms with Crippen LogP contribution < -0.4 is 5.32 Å². The van der Waals surface area contributed by atoms with E-state index in [1.165, 1.54) is 0 Å². The molecule has 0 radical (unpaired) electrons. The Hall–Kier alpha value is -0.810. The monoisotopic (exact) mass is 317 g/mol. The van der Waals surface area contributed by atoms with Crippen LogP contribution in [-0.2, 0) is 9.59 Å². The molecule has 2 rings (SSSR count). The molecule has 0 bridgehead atoms. The van der Waals surface area contributed by atoms with E-state index >= 15 is 0 Å². The number of nitrogens with one attached hydrogen (secondary N) is 1. The fourth-order valence-corrected chi connectivity index (χ4v) is 3.01. The smallest absolute Gasteiger partial charge is 0.236 e. The zero-order valence-electron chi connectivity index (χ0n) is 13.4. The number of hydrogen-bond donors (Lipinski definition) is 1. The molecule has 2 amide bonds. The van der Waals surface area contributed by atoms with Crippen LogP contribution in [0.1, 0.15) is 40.0 Å². The summed E-state index contributed by atoms with van der Waals surface area (Å²) < 4.78 is 0. The summed E-state index contributed by atoms with van der Waals surface area (Å²) in [6.07, 6.45) is 2.60. The van der Waals surface area contributed by atoms with Crippen LogP contribution in [0.15, 0.2) is 0 Å². The second kappa shape index (κ2) is 7.45. The van der Waals surface area contributed by atoms with Crippen LogP contribution in [0.3, 0.4) is 0 Å². The van der Waals surface area contributed by atoms with Crippen molar-refractivity contribution in [3.8, 4) is 0 Å². The molecule has 1 N–H and O–H groups in total. The van der Waals surface area contributed by atoms with Crippen LogP contribution in [0.25, 0.3) is 0 Å². The normalized spacial score (nSPS) is 23.8. The van der Waals surface area contributed by atoms with Gasteiger partial charge in [0.15, 0.2) is 0 Å². The molecule has 0 aromatic rings. The van der Waals surface area contributed by atoms with E-state index in [1.54, 1.807) is 0 Å². The van der Waals surface area contributed by atoms with E-state index in [4.69, 9.17) is 0 Å². The van der Waals surface area contributed by atoms with Crippen molar-refractivity contribution >= 4 is 24.2 Å². The molecule has 1 unspecified atom stereocenters. The van der Waals surface area contributed by atoms with Gasteiger partial charge in [0.25, 0.3) is 0 Å². The lowest BCUT2D eigenvalue weighted by Gasteiger charge is -2.41. The molecule has 122 valence electrons. The van der Waals surface area contributed by atoms with Gasteiger partial charge in [0, 0.05) is 38.6 Å². The summed E-state index contributed by atoms with van der Waals surface area (Å²) in [6, 6.07) is 0.210. The summed E-state index contributed by atoms with van der Waals surface area (Å²) in [5, 5.41) is 3.10. The van der Waals surface area contributed by atoms with Crippen LogP contribution in [0.5, 0.6) is 0 Å². The third-order valence-corrected chi connectivity index (χ3v) is 4.00. The molecule has 0 aromatic carbocycles. The standard InChI is InChI=1S/C15H27N3O2.ClH/c1-15(2,3)9-13(19)17-7-4-5-12(11-17)18-8-6-16-10-14(18)20;/h12,16H,4-11H2,1-3H3;1H. The molecule has 21 heavy (non-hydrogen) atoms. The van der Waals surface area contributed by atoms with Crippen LogP contribution in [0, 0.1) is 5.41 Å². The number of carbonyl (C=O) groups is 2. The molecule has 0 spiro atoms. The van der Waals surface area contributed by atoms with Gasteiger partial charge in [-0.3, -0.25) is 9.59 Å². The van der Waals surface area contributed by atoms with Crippen LogP contribution in [0.2, 0.25) is 0 Å². The van der Waals surface area contributed by atoms with Gasteiger partial charge in [-0.15, -0.1) is 12.4 Å². The third kappa shape index (κ3) is 5.15. The molecular formula is C15H28ClN3O2. The van der Waals surface area contributed by atoms with Crippen LogP contribution in [0.4, 0.5) is 0 Å². The van der Waals surface area contributed by atoms with E-state index < -0.39 is 0 Å². The number of carbonyl (C=O) groups excluding carboxylic acids is 2. The quantitative estimate of drug-likeness (QED) is 0.834. The average Bonchev–Trinajstić information content (AvgIpc) is 2.37. The molecule has 5 nitrogen and oxygen atoms in total. The Morgan fingerprint density at radius 2 is 2.05 bits per heavy atom. The van der Waals surface area contributed by atoms with Crippen molar-refractivity contribution in [3.63, 3.8) is 0 Å². The van der Waals surface area contributed by atoms with E-state index in [0.29, 0.717) is 19.5 Å². The summed E-state index contributed by atoms with van der Waals surface area (Å²) in [4.78, 5) is 28.2. The molecule has 2 saturated heterocycles. The van der Waals surface area contributed by atoms with Crippen molar-refractivity contribution in [3.05, 3.63) is 0 Å². The van der Waals surface area contributed by atoms with Crippen molar-refractivity contribution in [1.29, 1.82) is 0 Å². The predicted molar refractivity (Wildman–Crippen MR) is 85.5 cm³/mol. The first-order chi connectivity index (χ1) is 9.37. The van der Waals surface area contributed by atoms with Gasteiger partial charge in [-0.2, -0.15) is 0 Å². The number of rotatable bonds is 2. The topological polar surface area (TPSA) is 52.7 Å². The van der Waals surface area contributed by atoms with Crippen molar-refractivity contribution in [2.45, 2.75) is 46.1 Å². The summed E-state index contributed by atoms with van der Waals surface area (Å²) in [5.74, 6) is 0.399. The van der Waals surface area contributed by atoms with Crippen molar-refractivity contribution in [2.24, 2.45) is 5.41 Å². The Morgan fingerprint density at radius 1 is 1.33 bits per heavy atom. The second-order valence-electron chi connectivity index (χ2n) is 7.14. The first-order valence-corrected chi connectivity index (χ1v) is 7.65. The zero-order chi connectivity index (χ0) is 14.8. The van der Waals surface area contributed by atoms with Gasteiger partial charge in [0.2, 0.25) is 11.8 Å². The highest BCUT2D eigenvalue weighted by molar-refractivity contribution is 5.85. The van der Waals surface area contributed by atoms with E-state index in [1.807, 2.05) is 9.80 Å². The number of piperazine rings is 1. The predicted octanol–water partition coefficient (Wildman–Crippen LogP) is 1.27. The molecule has 1 atom stereocenters. The molecule has 0 saturated carbocycles. The molecule has 2 aliphatic heterocycles. The third-order valence-electron chi connectivity index (χ3n) is 4.00. The van der Waals surface area contributed by atoms with Gasteiger partial charge in [-0.25, -0.2) is 0 Å². The first kappa shape index (κ1) is 18.2. The van der Waals surface area contributed by atoms with Gasteiger partial charge in [-0.05, 0) is 18.3 Å². The average molecular weight is 318 g/mol. The lowest BCUT2D eigenvalue weighted by molar-refractivity contribution is -0.141. The Morgan fingerprint density at radius 3 is 2.67 bits per heavy atom. The minimum absolute atomic E-state index is 0. The minimum atomic E-state index is 0. The zero-order valence-corrected chi connectivity index (χ0v) is 14.2. The SMILES string of the molecule is CC(C)(C)CC(=O)N1CCCC(N2CCNCC2=O)C1.Cl. The van der Waals surface area contributed by atoms with Gasteiger partial charge in [-0.1, -0.05) is 20.8 Å². The molecule has 2 heterocycles. The molecular weight excluding hydrogens is 290 g/mol. The Balaban J connectivity index is 0.00000220. The Bertz CT molecular complexity index is 382. The van der Waals surface area contributed by atoms with Crippen LogP contribution in [-0.4, -0.2) is 60.4 Å². The molecule has 2 aliphatic rings. The molecule has 6 heteroatoms. The molecule has 0 aromatic heterocycles. The van der Waals surface area contributed by atoms with E-state index in [9.17, 15) is 9.59 Å². The Labute approximate surface area is 133 Å². The van der Waals surface area contributed by atoms with Gasteiger partial charge >= 0.3 is 0 Å². The van der Waals surface area contributed by atoms with Crippen molar-refractivity contribution in [1.82, 2.24) is 15.1 Å². The highest BCUT2D eigenvalue weighted by Crippen LogP contribution is 2.23. The van der Waals surface area contributed by atoms with Gasteiger partial charge < -0.3 is 15.1 Å². The highest BCUT2D eigenvalue weighted by Gasteiger charge is 2.32. The second-order valence-corrected chi connectivity index (χ2v) is 7.14. The number of hydrogen-bond acceptors (Lipinski definition) is 3. The fraction of sp³-hybridized carbons (Fsp3) is 0.867. The minimum Gasteiger partial charge on any atom is -0.341 e. The van der Waals surface area contributed by atoms with Gasteiger partial charge in [0.05, 0.1) is 6.54 Å². The summed E-state index contributed by atoms with van der Waals surface area (Å²) in [6.45, 7) is 9.88. The summed E-state index contributed by atoms with van der Waals surface area (Å²) in [5.41, 5.74) is 0.0227. The fourth-order valence-electron chi connectivity index (χ4n) is 3.01. The summed E-state index contributed by atoms with van der Waals surface area (Å²) >= 11 is 0. The van der Waals surface area contributed by atoms with Crippen LogP contribution >= 0.6 is 12.4 Å². The summed E-state index contributed by atoms with van der Waals surface area (Å²) in [7, 11) is 0. The van der Waals surface area contributed by atoms with Crippen molar-refractivity contribution < 1.29 is 9.59 Å². The number of nitrogens with zero attached hydrogens (tertiary/aromatic N) is 2. The number of piperidine rings is 1. The highest BCUT2D eigenvalue weighted by atomic mass is 35.5. The van der Waals surface area contributed by atoms with Crippen molar-refractivity contribution in [2.75, 3.05) is 32.7 Å². The maximum Gasteiger partial charge on any atom is 0.236 e. The Kier molecular flexibility index (Phi) is 6.47. The lowest BCUT2D eigenvalue weighted by Crippen LogP contribution is -2.57. The lowest BCUT2D eigenvalue weighted by atomic mass is 9.91. The van der Waals surface area contributed by atoms with E-state index in [2.05, 4.69) is 26.1 Å². The molecule has 2 fully saturated rings. The number of likely N-dealkylation sites (tertiary alicyclic amines) is 1. The van der Waals surface area contributed by atoms with E-state index in [-0.39, 0.29) is 35.7 Å². The first-order valence-electron chi connectivity index (χ1n) is 7.65. The van der Waals surface area contributed by atoms with E-state index in [0.717, 1.165) is 32.5 Å². The maximum absolute atomic E-state index is 12.3. The largest absolute Gasteiger partial charge is 0.341 e. The number of amides is 2. The maximum atomic E-state index is 12.3. The number of halogens is 1.